The summed E-state index contributed by atoms with van der Waals surface area (Å²) in [5.74, 6) is 1.14. The number of amides is 1. The molecule has 5 rings (SSSR count). The van der Waals surface area contributed by atoms with Crippen molar-refractivity contribution in [3.05, 3.63) is 60.3 Å². The third-order valence-corrected chi connectivity index (χ3v) is 5.91. The topological polar surface area (TPSA) is 79.2 Å². The van der Waals surface area contributed by atoms with Gasteiger partial charge in [-0.05, 0) is 43.4 Å². The molecule has 7 nitrogen and oxygen atoms in total. The highest BCUT2D eigenvalue weighted by atomic mass is 16.2. The summed E-state index contributed by atoms with van der Waals surface area (Å²) in [6, 6.07) is 10.3. The number of nitrogens with zero attached hydrogens (tertiary/aromatic N) is 5. The Balaban J connectivity index is 1.21. The largest absolute Gasteiger partial charge is 0.361 e. The molecule has 1 amide bonds. The van der Waals surface area contributed by atoms with E-state index < -0.39 is 0 Å². The number of hydrogen-bond donors (Lipinski definition) is 1. The number of aryl methyl sites for hydroxylation is 1. The van der Waals surface area contributed by atoms with E-state index in [-0.39, 0.29) is 11.8 Å². The van der Waals surface area contributed by atoms with E-state index in [1.54, 1.807) is 10.7 Å². The number of piperidine rings is 1. The van der Waals surface area contributed by atoms with Gasteiger partial charge in [-0.15, -0.1) is 0 Å². The van der Waals surface area contributed by atoms with Crippen LogP contribution in [0.1, 0.15) is 42.9 Å². The number of nitrogens with one attached hydrogen (secondary N) is 1. The van der Waals surface area contributed by atoms with Crippen LogP contribution in [-0.4, -0.2) is 48.5 Å². The maximum atomic E-state index is 12.9. The number of benzene rings is 1. The zero-order chi connectivity index (χ0) is 19.6. The molecule has 0 unspecified atom stereocenters. The van der Waals surface area contributed by atoms with Crippen LogP contribution in [0.5, 0.6) is 0 Å². The van der Waals surface area contributed by atoms with Crippen LogP contribution in [0.15, 0.2) is 49.1 Å². The maximum Gasteiger partial charge on any atom is 0.252 e. The van der Waals surface area contributed by atoms with Crippen LogP contribution in [0.3, 0.4) is 0 Å². The van der Waals surface area contributed by atoms with Crippen molar-refractivity contribution in [2.24, 2.45) is 0 Å². The lowest BCUT2D eigenvalue weighted by Gasteiger charge is -2.33. The summed E-state index contributed by atoms with van der Waals surface area (Å²) in [6.07, 6.45) is 9.81. The SMILES string of the molecule is O=C(CCCc1c[nH]c2ccccc12)N1CCC[C@H](c2ccnc3ncnn23)C1. The summed E-state index contributed by atoms with van der Waals surface area (Å²) in [7, 11) is 0. The molecule has 148 valence electrons. The third-order valence-electron chi connectivity index (χ3n) is 5.91. The van der Waals surface area contributed by atoms with Gasteiger partial charge in [0.2, 0.25) is 5.91 Å². The van der Waals surface area contributed by atoms with Crippen molar-refractivity contribution in [3.8, 4) is 0 Å². The second kappa shape index (κ2) is 7.66. The van der Waals surface area contributed by atoms with Crippen LogP contribution in [0.4, 0.5) is 0 Å². The number of H-pyrrole nitrogens is 1. The normalized spacial score (nSPS) is 17.2. The molecule has 1 N–H and O–H groups in total. The smallest absolute Gasteiger partial charge is 0.252 e. The van der Waals surface area contributed by atoms with Crippen molar-refractivity contribution in [1.29, 1.82) is 0 Å². The van der Waals surface area contributed by atoms with Gasteiger partial charge in [0, 0.05) is 48.7 Å². The predicted molar refractivity (Wildman–Crippen MR) is 111 cm³/mol. The minimum Gasteiger partial charge on any atom is -0.361 e. The molecule has 4 aromatic rings. The van der Waals surface area contributed by atoms with Crippen LogP contribution in [-0.2, 0) is 11.2 Å². The van der Waals surface area contributed by atoms with Gasteiger partial charge in [0.15, 0.2) is 0 Å². The Morgan fingerprint density at radius 1 is 1.21 bits per heavy atom. The molecule has 0 saturated carbocycles. The van der Waals surface area contributed by atoms with E-state index in [9.17, 15) is 4.79 Å². The molecule has 1 aliphatic heterocycles. The van der Waals surface area contributed by atoms with Gasteiger partial charge < -0.3 is 9.88 Å². The molecular formula is C22H24N6O. The molecule has 1 saturated heterocycles. The highest BCUT2D eigenvalue weighted by molar-refractivity contribution is 5.83. The van der Waals surface area contributed by atoms with E-state index in [0.717, 1.165) is 50.0 Å². The molecule has 1 fully saturated rings. The first-order valence-corrected chi connectivity index (χ1v) is 10.3. The fourth-order valence-electron chi connectivity index (χ4n) is 4.44. The second-order valence-corrected chi connectivity index (χ2v) is 7.73. The molecule has 1 atom stereocenters. The lowest BCUT2D eigenvalue weighted by molar-refractivity contribution is -0.132. The van der Waals surface area contributed by atoms with Crippen LogP contribution >= 0.6 is 0 Å². The van der Waals surface area contributed by atoms with Crippen molar-refractivity contribution < 1.29 is 4.79 Å². The zero-order valence-electron chi connectivity index (χ0n) is 16.3. The fourth-order valence-corrected chi connectivity index (χ4v) is 4.44. The van der Waals surface area contributed by atoms with E-state index in [0.29, 0.717) is 12.2 Å². The number of hydrogen-bond acceptors (Lipinski definition) is 4. The summed E-state index contributed by atoms with van der Waals surface area (Å²) < 4.78 is 1.80. The Hall–Kier alpha value is -3.22. The minimum atomic E-state index is 0.249. The standard InChI is InChI=1S/C22H24N6O/c29-21(9-3-5-16-13-24-19-8-2-1-7-18(16)19)27-12-4-6-17(14-27)20-10-11-23-22-25-15-26-28(20)22/h1-2,7-8,10-11,13,15,17,24H,3-6,9,12,14H2/t17-/m0/s1. The number of carbonyl (C=O) groups excluding carboxylic acids is 1. The fraction of sp³-hybridized carbons (Fsp3) is 0.364. The summed E-state index contributed by atoms with van der Waals surface area (Å²) in [5, 5.41) is 5.56. The van der Waals surface area contributed by atoms with Gasteiger partial charge in [0.05, 0.1) is 5.69 Å². The Morgan fingerprint density at radius 2 is 2.14 bits per heavy atom. The molecule has 0 aliphatic carbocycles. The average Bonchev–Trinajstić information content (AvgIpc) is 3.41. The molecule has 3 aromatic heterocycles. The van der Waals surface area contributed by atoms with Gasteiger partial charge in [0.25, 0.3) is 5.78 Å². The molecule has 7 heteroatoms. The number of fused-ring (bicyclic) bond motifs is 2. The quantitative estimate of drug-likeness (QED) is 0.569. The minimum absolute atomic E-state index is 0.249. The first kappa shape index (κ1) is 17.8. The molecule has 1 aliphatic rings. The molecule has 0 spiro atoms. The van der Waals surface area contributed by atoms with Gasteiger partial charge in [-0.2, -0.15) is 10.1 Å². The van der Waals surface area contributed by atoms with E-state index in [4.69, 9.17) is 0 Å². The molecule has 0 bridgehead atoms. The van der Waals surface area contributed by atoms with E-state index >= 15 is 0 Å². The van der Waals surface area contributed by atoms with Crippen LogP contribution < -0.4 is 0 Å². The molecule has 1 aromatic carbocycles. The van der Waals surface area contributed by atoms with Gasteiger partial charge >= 0.3 is 0 Å². The Bertz CT molecular complexity index is 1150. The Labute approximate surface area is 168 Å². The number of aromatic amines is 1. The van der Waals surface area contributed by atoms with Gasteiger partial charge in [-0.3, -0.25) is 4.79 Å². The van der Waals surface area contributed by atoms with E-state index in [1.807, 2.05) is 17.0 Å². The van der Waals surface area contributed by atoms with Crippen molar-refractivity contribution in [2.45, 2.75) is 38.0 Å². The lowest BCUT2D eigenvalue weighted by atomic mass is 9.94. The molecule has 29 heavy (non-hydrogen) atoms. The van der Waals surface area contributed by atoms with Crippen molar-refractivity contribution in [1.82, 2.24) is 29.5 Å². The van der Waals surface area contributed by atoms with Gasteiger partial charge in [0.1, 0.15) is 6.33 Å². The van der Waals surface area contributed by atoms with Crippen LogP contribution in [0.25, 0.3) is 16.7 Å². The van der Waals surface area contributed by atoms with Gasteiger partial charge in [-0.25, -0.2) is 9.50 Å². The summed E-state index contributed by atoms with van der Waals surface area (Å²) in [5.41, 5.74) is 3.53. The predicted octanol–water partition coefficient (Wildman–Crippen LogP) is 3.33. The summed E-state index contributed by atoms with van der Waals surface area (Å²) in [4.78, 5) is 26.6. The number of aromatic nitrogens is 5. The summed E-state index contributed by atoms with van der Waals surface area (Å²) in [6.45, 7) is 1.58. The second-order valence-electron chi connectivity index (χ2n) is 7.73. The third kappa shape index (κ3) is 3.48. The van der Waals surface area contributed by atoms with Crippen molar-refractivity contribution >= 4 is 22.6 Å². The van der Waals surface area contributed by atoms with Gasteiger partial charge in [-0.1, -0.05) is 18.2 Å². The number of para-hydroxylation sites is 1. The van der Waals surface area contributed by atoms with Crippen molar-refractivity contribution in [2.75, 3.05) is 13.1 Å². The first-order chi connectivity index (χ1) is 14.3. The Kier molecular flexibility index (Phi) is 4.71. The highest BCUT2D eigenvalue weighted by Crippen LogP contribution is 2.27. The molecular weight excluding hydrogens is 364 g/mol. The molecule has 0 radical (unpaired) electrons. The van der Waals surface area contributed by atoms with Crippen molar-refractivity contribution in [3.63, 3.8) is 0 Å². The number of rotatable bonds is 5. The monoisotopic (exact) mass is 388 g/mol. The van der Waals surface area contributed by atoms with E-state index in [1.165, 1.54) is 17.3 Å². The first-order valence-electron chi connectivity index (χ1n) is 10.3. The van der Waals surface area contributed by atoms with Crippen LogP contribution in [0, 0.1) is 0 Å². The lowest BCUT2D eigenvalue weighted by Crippen LogP contribution is -2.39. The average molecular weight is 388 g/mol. The maximum absolute atomic E-state index is 12.9. The Morgan fingerprint density at radius 3 is 3.10 bits per heavy atom. The number of carbonyl (C=O) groups is 1. The van der Waals surface area contributed by atoms with E-state index in [2.05, 4.69) is 44.4 Å². The number of likely N-dealkylation sites (tertiary alicyclic amines) is 1. The highest BCUT2D eigenvalue weighted by Gasteiger charge is 2.26. The van der Waals surface area contributed by atoms with Crippen LogP contribution in [0.2, 0.25) is 0 Å². The molecule has 4 heterocycles. The summed E-state index contributed by atoms with van der Waals surface area (Å²) >= 11 is 0. The zero-order valence-corrected chi connectivity index (χ0v) is 16.3.